The number of rotatable bonds is 0. The summed E-state index contributed by atoms with van der Waals surface area (Å²) in [6.45, 7) is 5.67. The third-order valence-electron chi connectivity index (χ3n) is 1.27. The molecule has 136 valence electrons. The zero-order valence-electron chi connectivity index (χ0n) is 13.6. The molecule has 8 nitrogen and oxygen atoms in total. The first-order chi connectivity index (χ1) is 8.91. The fourth-order valence-electron chi connectivity index (χ4n) is 0. The third kappa shape index (κ3) is 147. The molecule has 0 aliphatic heterocycles. The standard InChI is InChI=1S/C4H9NO.C3H7NO.C3H6O2.C2H5NO.2CH4/c1-4(6)5(2)3;1-3(5)4-2;1-3(4)5-2;1-2(3)4;;/h1-3H3;1-2H3,(H,4,5);1-2H3;1H3,(H2,3,4);2*1H4. The van der Waals surface area contributed by atoms with Gasteiger partial charge in [0.25, 0.3) is 0 Å². The van der Waals surface area contributed by atoms with E-state index in [1.54, 1.807) is 21.1 Å². The van der Waals surface area contributed by atoms with Crippen LogP contribution in [0.4, 0.5) is 0 Å². The number of amides is 3. The molecule has 22 heavy (non-hydrogen) atoms. The molecule has 0 aromatic carbocycles. The van der Waals surface area contributed by atoms with Gasteiger partial charge in [0.1, 0.15) is 0 Å². The van der Waals surface area contributed by atoms with Crippen LogP contribution in [0.3, 0.4) is 0 Å². The van der Waals surface area contributed by atoms with E-state index in [2.05, 4.69) is 15.8 Å². The number of primary amides is 1. The molecule has 0 bridgehead atoms. The summed E-state index contributed by atoms with van der Waals surface area (Å²) in [7, 11) is 6.40. The number of nitrogens with zero attached hydrogens (tertiary/aromatic N) is 1. The Morgan fingerprint density at radius 1 is 0.955 bits per heavy atom. The van der Waals surface area contributed by atoms with Gasteiger partial charge >= 0.3 is 5.97 Å². The quantitative estimate of drug-likeness (QED) is 0.638. The summed E-state index contributed by atoms with van der Waals surface area (Å²) >= 11 is 0. The Morgan fingerprint density at radius 2 is 1.09 bits per heavy atom. The number of carbonyl (C=O) groups excluding carboxylic acids is 4. The number of nitrogens with one attached hydrogen (secondary N) is 1. The lowest BCUT2D eigenvalue weighted by Gasteiger charge is -2.02. The van der Waals surface area contributed by atoms with Gasteiger partial charge in [0, 0.05) is 48.8 Å². The molecular weight excluding hydrogens is 290 g/mol. The van der Waals surface area contributed by atoms with Gasteiger partial charge in [-0.3, -0.25) is 19.2 Å². The van der Waals surface area contributed by atoms with E-state index >= 15 is 0 Å². The molecular formula is C14H35N3O5. The highest BCUT2D eigenvalue weighted by atomic mass is 16.5. The van der Waals surface area contributed by atoms with E-state index in [1.807, 2.05) is 0 Å². The minimum atomic E-state index is -0.333. The molecule has 0 atom stereocenters. The fourth-order valence-corrected chi connectivity index (χ4v) is 0. The minimum Gasteiger partial charge on any atom is -0.469 e. The summed E-state index contributed by atoms with van der Waals surface area (Å²) in [6.07, 6.45) is 0. The molecule has 0 saturated carbocycles. The lowest BCUT2D eigenvalue weighted by molar-refractivity contribution is -0.138. The van der Waals surface area contributed by atoms with Crippen molar-refractivity contribution >= 4 is 23.7 Å². The topological polar surface area (TPSA) is 119 Å². The van der Waals surface area contributed by atoms with Crippen molar-refractivity contribution in [2.24, 2.45) is 5.73 Å². The van der Waals surface area contributed by atoms with Crippen LogP contribution in [0, 0.1) is 0 Å². The van der Waals surface area contributed by atoms with Crippen molar-refractivity contribution in [2.45, 2.75) is 42.5 Å². The van der Waals surface area contributed by atoms with Crippen molar-refractivity contribution in [1.29, 1.82) is 0 Å². The molecule has 0 aromatic heterocycles. The lowest BCUT2D eigenvalue weighted by Crippen LogP contribution is -2.17. The molecule has 0 heterocycles. The van der Waals surface area contributed by atoms with E-state index in [0.717, 1.165) is 0 Å². The normalized spacial score (nSPS) is 6.36. The second-order valence-electron chi connectivity index (χ2n) is 3.53. The molecule has 3 N–H and O–H groups in total. The smallest absolute Gasteiger partial charge is 0.302 e. The van der Waals surface area contributed by atoms with E-state index in [1.165, 1.54) is 39.7 Å². The Morgan fingerprint density at radius 3 is 1.09 bits per heavy atom. The first-order valence-electron chi connectivity index (χ1n) is 5.59. The van der Waals surface area contributed by atoms with Crippen LogP contribution < -0.4 is 11.1 Å². The number of hydrogen-bond acceptors (Lipinski definition) is 5. The maximum absolute atomic E-state index is 10.1. The molecule has 0 unspecified atom stereocenters. The number of hydrogen-bond donors (Lipinski definition) is 2. The average Bonchev–Trinajstić information content (AvgIpc) is 2.29. The van der Waals surface area contributed by atoms with Crippen LogP contribution in [0.15, 0.2) is 0 Å². The molecule has 0 radical (unpaired) electrons. The number of esters is 1. The van der Waals surface area contributed by atoms with Gasteiger partial charge in [-0.2, -0.15) is 0 Å². The Kier molecular flexibility index (Phi) is 45.6. The first kappa shape index (κ1) is 36.8. The van der Waals surface area contributed by atoms with Crippen LogP contribution in [0.5, 0.6) is 0 Å². The predicted octanol–water partition coefficient (Wildman–Crippen LogP) is 0.790. The van der Waals surface area contributed by atoms with Gasteiger partial charge in [-0.25, -0.2) is 0 Å². The highest BCUT2D eigenvalue weighted by Gasteiger charge is 1.87. The SMILES string of the molecule is C.C.CC(=O)N(C)C.CC(N)=O.CNC(C)=O.COC(C)=O. The molecule has 0 saturated heterocycles. The van der Waals surface area contributed by atoms with Crippen LogP contribution >= 0.6 is 0 Å². The van der Waals surface area contributed by atoms with Gasteiger partial charge in [-0.15, -0.1) is 0 Å². The van der Waals surface area contributed by atoms with Gasteiger partial charge in [-0.1, -0.05) is 14.9 Å². The Labute approximate surface area is 135 Å². The summed E-state index contributed by atoms with van der Waals surface area (Å²) in [5.41, 5.74) is 4.47. The summed E-state index contributed by atoms with van der Waals surface area (Å²) in [6, 6.07) is 0. The maximum atomic E-state index is 10.1. The van der Waals surface area contributed by atoms with Crippen molar-refractivity contribution < 1.29 is 23.9 Å². The summed E-state index contributed by atoms with van der Waals surface area (Å²) in [4.78, 5) is 40.1. The largest absolute Gasteiger partial charge is 0.469 e. The number of methoxy groups -OCH3 is 1. The second-order valence-corrected chi connectivity index (χ2v) is 3.53. The minimum absolute atomic E-state index is 0. The van der Waals surface area contributed by atoms with Crippen molar-refractivity contribution in [3.63, 3.8) is 0 Å². The molecule has 3 amide bonds. The second kappa shape index (κ2) is 27.3. The van der Waals surface area contributed by atoms with E-state index in [-0.39, 0.29) is 38.5 Å². The van der Waals surface area contributed by atoms with Gasteiger partial charge in [-0.05, 0) is 0 Å². The van der Waals surface area contributed by atoms with E-state index in [9.17, 15) is 19.2 Å². The van der Waals surface area contributed by atoms with Gasteiger partial charge in [0.05, 0.1) is 7.11 Å². The molecule has 0 aliphatic carbocycles. The maximum Gasteiger partial charge on any atom is 0.302 e. The highest BCUT2D eigenvalue weighted by Crippen LogP contribution is 1.69. The summed E-state index contributed by atoms with van der Waals surface area (Å²) in [5.74, 6) is -0.481. The molecule has 0 fully saturated rings. The Hall–Kier alpha value is -2.12. The fraction of sp³-hybridized carbons (Fsp3) is 0.714. The first-order valence-corrected chi connectivity index (χ1v) is 5.59. The number of carbonyl (C=O) groups is 4. The third-order valence-corrected chi connectivity index (χ3v) is 1.27. The number of nitrogens with two attached hydrogens (primary N) is 1. The van der Waals surface area contributed by atoms with E-state index < -0.39 is 0 Å². The molecule has 0 aliphatic rings. The van der Waals surface area contributed by atoms with Crippen LogP contribution in [-0.4, -0.2) is 56.8 Å². The van der Waals surface area contributed by atoms with Crippen LogP contribution in [-0.2, 0) is 23.9 Å². The zero-order valence-corrected chi connectivity index (χ0v) is 13.6. The monoisotopic (exact) mass is 325 g/mol. The number of ether oxygens (including phenoxy) is 1. The molecule has 0 spiro atoms. The predicted molar refractivity (Wildman–Crippen MR) is 90.1 cm³/mol. The van der Waals surface area contributed by atoms with Gasteiger partial charge in [0.15, 0.2) is 0 Å². The van der Waals surface area contributed by atoms with Gasteiger partial charge < -0.3 is 20.7 Å². The average molecular weight is 325 g/mol. The van der Waals surface area contributed by atoms with E-state index in [4.69, 9.17) is 0 Å². The molecule has 8 heteroatoms. The summed E-state index contributed by atoms with van der Waals surface area (Å²) < 4.78 is 4.11. The molecule has 0 rings (SSSR count). The van der Waals surface area contributed by atoms with Crippen LogP contribution in [0.1, 0.15) is 42.5 Å². The van der Waals surface area contributed by atoms with Crippen molar-refractivity contribution in [1.82, 2.24) is 10.2 Å². The van der Waals surface area contributed by atoms with Crippen LogP contribution in [0.2, 0.25) is 0 Å². The lowest BCUT2D eigenvalue weighted by atomic mass is 10.7. The Balaban J connectivity index is -0.0000000380. The Bertz CT molecular complexity index is 274. The molecule has 0 aromatic rings. The van der Waals surface area contributed by atoms with Crippen LogP contribution in [0.25, 0.3) is 0 Å². The summed E-state index contributed by atoms with van der Waals surface area (Å²) in [5, 5.41) is 2.39. The highest BCUT2D eigenvalue weighted by molar-refractivity contribution is 5.72. The van der Waals surface area contributed by atoms with E-state index in [0.29, 0.717) is 0 Å². The zero-order chi connectivity index (χ0) is 17.3. The van der Waals surface area contributed by atoms with Gasteiger partial charge in [0.2, 0.25) is 17.7 Å². The van der Waals surface area contributed by atoms with Crippen molar-refractivity contribution in [2.75, 3.05) is 28.3 Å². The van der Waals surface area contributed by atoms with Crippen molar-refractivity contribution in [3.8, 4) is 0 Å². The van der Waals surface area contributed by atoms with Crippen molar-refractivity contribution in [3.05, 3.63) is 0 Å².